The van der Waals surface area contributed by atoms with Crippen LogP contribution in [0.5, 0.6) is 0 Å². The summed E-state index contributed by atoms with van der Waals surface area (Å²) in [5.41, 5.74) is 6.55. The lowest BCUT2D eigenvalue weighted by molar-refractivity contribution is 0.0740. The third kappa shape index (κ3) is 3.31. The van der Waals surface area contributed by atoms with Crippen LogP contribution in [0.2, 0.25) is 0 Å². The Morgan fingerprint density at radius 1 is 1.61 bits per heavy atom. The molecular formula is C14H19N3O. The largest absolute Gasteiger partial charge is 0.339 e. The topological polar surface area (TPSA) is 59.2 Å². The zero-order chi connectivity index (χ0) is 13.5. The van der Waals surface area contributed by atoms with Gasteiger partial charge in [0.15, 0.2) is 0 Å². The van der Waals surface area contributed by atoms with E-state index in [9.17, 15) is 4.79 Å². The van der Waals surface area contributed by atoms with Crippen molar-refractivity contribution in [2.24, 2.45) is 5.73 Å². The van der Waals surface area contributed by atoms with Crippen molar-refractivity contribution in [3.63, 3.8) is 0 Å². The van der Waals surface area contributed by atoms with Gasteiger partial charge in [-0.15, -0.1) is 0 Å². The maximum atomic E-state index is 12.3. The molecule has 4 heteroatoms. The third-order valence-corrected chi connectivity index (χ3v) is 2.95. The van der Waals surface area contributed by atoms with E-state index in [2.05, 4.69) is 23.7 Å². The van der Waals surface area contributed by atoms with E-state index < -0.39 is 0 Å². The van der Waals surface area contributed by atoms with Gasteiger partial charge in [0, 0.05) is 25.5 Å². The van der Waals surface area contributed by atoms with Crippen molar-refractivity contribution < 1.29 is 4.79 Å². The molecule has 0 saturated heterocycles. The Morgan fingerprint density at radius 3 is 2.94 bits per heavy atom. The van der Waals surface area contributed by atoms with Gasteiger partial charge >= 0.3 is 0 Å². The van der Waals surface area contributed by atoms with Gasteiger partial charge in [0.25, 0.3) is 5.91 Å². The first kappa shape index (κ1) is 14.2. The fourth-order valence-electron chi connectivity index (χ4n) is 1.49. The smallest absolute Gasteiger partial charge is 0.255 e. The van der Waals surface area contributed by atoms with E-state index in [-0.39, 0.29) is 18.5 Å². The Hall–Kier alpha value is -1.86. The molecule has 1 heterocycles. The number of carbonyl (C=O) groups excluding carboxylic acids is 1. The standard InChI is InChI=1S/C14H19N3O/c1-4-11(2)17(3)14(18)13-7-9-16-10-12(13)6-5-8-15/h7,9-11H,4,8,15H2,1-3H3. The van der Waals surface area contributed by atoms with Crippen LogP contribution in [0.3, 0.4) is 0 Å². The number of carbonyl (C=O) groups is 1. The Labute approximate surface area is 108 Å². The highest BCUT2D eigenvalue weighted by Gasteiger charge is 2.18. The molecule has 96 valence electrons. The molecule has 1 amide bonds. The van der Waals surface area contributed by atoms with Crippen LogP contribution < -0.4 is 5.73 Å². The molecule has 1 atom stereocenters. The monoisotopic (exact) mass is 245 g/mol. The van der Waals surface area contributed by atoms with Gasteiger partial charge in [-0.1, -0.05) is 18.8 Å². The van der Waals surface area contributed by atoms with Crippen LogP contribution in [0.4, 0.5) is 0 Å². The molecule has 0 radical (unpaired) electrons. The van der Waals surface area contributed by atoms with E-state index in [1.54, 1.807) is 30.4 Å². The van der Waals surface area contributed by atoms with Gasteiger partial charge in [0.2, 0.25) is 0 Å². The second kappa shape index (κ2) is 6.77. The summed E-state index contributed by atoms with van der Waals surface area (Å²) < 4.78 is 0. The van der Waals surface area contributed by atoms with Crippen molar-refractivity contribution in [2.45, 2.75) is 26.3 Å². The average Bonchev–Trinajstić information content (AvgIpc) is 2.42. The molecule has 0 aliphatic carbocycles. The first-order chi connectivity index (χ1) is 8.61. The summed E-state index contributed by atoms with van der Waals surface area (Å²) in [5, 5.41) is 0. The molecule has 1 aromatic rings. The number of aromatic nitrogens is 1. The SMILES string of the molecule is CCC(C)N(C)C(=O)c1ccncc1C#CCN. The van der Waals surface area contributed by atoms with Crippen molar-refractivity contribution in [2.75, 3.05) is 13.6 Å². The summed E-state index contributed by atoms with van der Waals surface area (Å²) in [5.74, 6) is 5.60. The average molecular weight is 245 g/mol. The van der Waals surface area contributed by atoms with E-state index in [1.165, 1.54) is 0 Å². The minimum Gasteiger partial charge on any atom is -0.339 e. The number of nitrogens with two attached hydrogens (primary N) is 1. The Kier molecular flexibility index (Phi) is 5.34. The van der Waals surface area contributed by atoms with Gasteiger partial charge in [-0.25, -0.2) is 0 Å². The van der Waals surface area contributed by atoms with Crippen LogP contribution in [-0.2, 0) is 0 Å². The predicted molar refractivity (Wildman–Crippen MR) is 72.0 cm³/mol. The maximum Gasteiger partial charge on any atom is 0.255 e. The number of pyridine rings is 1. The quantitative estimate of drug-likeness (QED) is 0.816. The summed E-state index contributed by atoms with van der Waals surface area (Å²) in [7, 11) is 1.80. The third-order valence-electron chi connectivity index (χ3n) is 2.95. The highest BCUT2D eigenvalue weighted by Crippen LogP contribution is 2.11. The minimum atomic E-state index is -0.0342. The Bertz CT molecular complexity index is 473. The second-order valence-corrected chi connectivity index (χ2v) is 4.10. The van der Waals surface area contributed by atoms with Gasteiger partial charge in [-0.05, 0) is 19.4 Å². The molecule has 0 spiro atoms. The van der Waals surface area contributed by atoms with E-state index in [1.807, 2.05) is 6.92 Å². The van der Waals surface area contributed by atoms with Crippen molar-refractivity contribution >= 4 is 5.91 Å². The first-order valence-electron chi connectivity index (χ1n) is 6.01. The lowest BCUT2D eigenvalue weighted by Gasteiger charge is -2.24. The fourth-order valence-corrected chi connectivity index (χ4v) is 1.49. The van der Waals surface area contributed by atoms with Gasteiger partial charge in [0.1, 0.15) is 0 Å². The van der Waals surface area contributed by atoms with Crippen LogP contribution in [0.1, 0.15) is 36.2 Å². The van der Waals surface area contributed by atoms with Crippen LogP contribution in [-0.4, -0.2) is 35.4 Å². The molecule has 0 aliphatic heterocycles. The summed E-state index contributed by atoms with van der Waals surface area (Å²) >= 11 is 0. The molecule has 1 aromatic heterocycles. The van der Waals surface area contributed by atoms with Crippen molar-refractivity contribution in [1.82, 2.24) is 9.88 Å². The summed E-state index contributed by atoms with van der Waals surface area (Å²) in [6, 6.07) is 1.89. The van der Waals surface area contributed by atoms with Gasteiger partial charge in [-0.2, -0.15) is 0 Å². The molecule has 2 N–H and O–H groups in total. The normalized spacial score (nSPS) is 11.3. The Balaban J connectivity index is 3.05. The molecule has 18 heavy (non-hydrogen) atoms. The molecule has 0 aromatic carbocycles. The number of hydrogen-bond donors (Lipinski definition) is 1. The van der Waals surface area contributed by atoms with E-state index in [0.717, 1.165) is 6.42 Å². The molecule has 4 nitrogen and oxygen atoms in total. The van der Waals surface area contributed by atoms with Gasteiger partial charge < -0.3 is 10.6 Å². The molecule has 0 bridgehead atoms. The number of hydrogen-bond acceptors (Lipinski definition) is 3. The summed E-state index contributed by atoms with van der Waals surface area (Å²) in [4.78, 5) is 18.0. The van der Waals surface area contributed by atoms with Crippen LogP contribution in [0.15, 0.2) is 18.5 Å². The molecule has 0 fully saturated rings. The maximum absolute atomic E-state index is 12.3. The molecule has 0 saturated carbocycles. The number of rotatable bonds is 3. The van der Waals surface area contributed by atoms with Crippen LogP contribution in [0, 0.1) is 11.8 Å². The summed E-state index contributed by atoms with van der Waals surface area (Å²) in [6.07, 6.45) is 4.11. The molecular weight excluding hydrogens is 226 g/mol. The second-order valence-electron chi connectivity index (χ2n) is 4.10. The minimum absolute atomic E-state index is 0.0342. The Morgan fingerprint density at radius 2 is 2.33 bits per heavy atom. The first-order valence-corrected chi connectivity index (χ1v) is 6.01. The zero-order valence-corrected chi connectivity index (χ0v) is 11.1. The number of amides is 1. The predicted octanol–water partition coefficient (Wildman–Crippen LogP) is 1.26. The zero-order valence-electron chi connectivity index (χ0n) is 11.1. The van der Waals surface area contributed by atoms with Crippen molar-refractivity contribution in [1.29, 1.82) is 0 Å². The van der Waals surface area contributed by atoms with Crippen LogP contribution in [0.25, 0.3) is 0 Å². The molecule has 1 rings (SSSR count). The summed E-state index contributed by atoms with van der Waals surface area (Å²) in [6.45, 7) is 4.34. The van der Waals surface area contributed by atoms with Gasteiger partial charge in [-0.3, -0.25) is 9.78 Å². The van der Waals surface area contributed by atoms with E-state index in [4.69, 9.17) is 5.73 Å². The molecule has 0 aliphatic rings. The molecule has 1 unspecified atom stereocenters. The van der Waals surface area contributed by atoms with E-state index >= 15 is 0 Å². The number of nitrogens with zero attached hydrogens (tertiary/aromatic N) is 2. The van der Waals surface area contributed by atoms with Gasteiger partial charge in [0.05, 0.1) is 17.7 Å². The highest BCUT2D eigenvalue weighted by atomic mass is 16.2. The fraction of sp³-hybridized carbons (Fsp3) is 0.429. The lowest BCUT2D eigenvalue weighted by atomic mass is 10.1. The van der Waals surface area contributed by atoms with Crippen molar-refractivity contribution in [3.05, 3.63) is 29.6 Å². The highest BCUT2D eigenvalue weighted by molar-refractivity contribution is 5.96. The van der Waals surface area contributed by atoms with Crippen molar-refractivity contribution in [3.8, 4) is 11.8 Å². The van der Waals surface area contributed by atoms with E-state index in [0.29, 0.717) is 11.1 Å². The van der Waals surface area contributed by atoms with Crippen LogP contribution >= 0.6 is 0 Å². The lowest BCUT2D eigenvalue weighted by Crippen LogP contribution is -2.35.